The topological polar surface area (TPSA) is 36.9 Å². The van der Waals surface area contributed by atoms with Crippen LogP contribution in [0.3, 0.4) is 0 Å². The van der Waals surface area contributed by atoms with Crippen molar-refractivity contribution >= 4 is 0 Å². The Morgan fingerprint density at radius 3 is 1.43 bits per heavy atom. The van der Waals surface area contributed by atoms with E-state index in [1.807, 2.05) is 27.7 Å². The van der Waals surface area contributed by atoms with Gasteiger partial charge in [0.15, 0.2) is 0 Å². The van der Waals surface area contributed by atoms with Gasteiger partial charge in [-0.3, -0.25) is 0 Å². The summed E-state index contributed by atoms with van der Waals surface area (Å²) in [7, 11) is 0. The molecule has 2 atom stereocenters. The fourth-order valence-electron chi connectivity index (χ4n) is 2.93. The summed E-state index contributed by atoms with van der Waals surface area (Å²) in [6.07, 6.45) is 3.81. The van der Waals surface area contributed by atoms with Gasteiger partial charge < -0.3 is 0 Å². The fraction of sp³-hybridized carbons (Fsp3) is 1.00. The zero-order valence-electron chi connectivity index (χ0n) is 16.7. The highest BCUT2D eigenvalue weighted by molar-refractivity contribution is 4.88. The van der Waals surface area contributed by atoms with Gasteiger partial charge in [-0.25, -0.2) is 9.78 Å². The van der Waals surface area contributed by atoms with Gasteiger partial charge in [0.1, 0.15) is 0 Å². The number of rotatable bonds is 8. The molecule has 1 aliphatic rings. The molecule has 0 aromatic rings. The van der Waals surface area contributed by atoms with E-state index >= 15 is 0 Å². The Labute approximate surface area is 143 Å². The van der Waals surface area contributed by atoms with Crippen LogP contribution >= 0.6 is 0 Å². The van der Waals surface area contributed by atoms with Gasteiger partial charge in [-0.1, -0.05) is 34.6 Å². The van der Waals surface area contributed by atoms with Gasteiger partial charge in [0, 0.05) is 11.8 Å². The van der Waals surface area contributed by atoms with Crippen molar-refractivity contribution in [3.63, 3.8) is 0 Å². The first kappa shape index (κ1) is 20.9. The van der Waals surface area contributed by atoms with Crippen molar-refractivity contribution < 1.29 is 19.6 Å². The molecule has 23 heavy (non-hydrogen) atoms. The van der Waals surface area contributed by atoms with Crippen LogP contribution in [0.1, 0.15) is 88.0 Å². The Bertz CT molecular complexity index is 330. The third kappa shape index (κ3) is 5.42. The van der Waals surface area contributed by atoms with Gasteiger partial charge in [0.25, 0.3) is 0 Å². The average molecular weight is 331 g/mol. The van der Waals surface area contributed by atoms with E-state index in [1.165, 1.54) is 0 Å². The standard InChI is InChI=1S/C19H38O4/c1-10-17(6,7)20-22-19(23-21-18(8,9)11-2)15(4)12-14(3)13-16(19)5/h14-16H,10-13H2,1-9H3. The molecule has 0 bridgehead atoms. The maximum Gasteiger partial charge on any atom is 0.239 e. The van der Waals surface area contributed by atoms with Crippen LogP contribution in [-0.2, 0) is 19.6 Å². The molecule has 1 rings (SSSR count). The highest BCUT2D eigenvalue weighted by Crippen LogP contribution is 2.46. The van der Waals surface area contributed by atoms with Crippen molar-refractivity contribution in [3.8, 4) is 0 Å². The second-order valence-corrected chi connectivity index (χ2v) is 8.66. The van der Waals surface area contributed by atoms with Gasteiger partial charge in [0.2, 0.25) is 5.79 Å². The number of hydrogen-bond acceptors (Lipinski definition) is 4. The van der Waals surface area contributed by atoms with Gasteiger partial charge in [-0.15, -0.1) is 0 Å². The first-order chi connectivity index (χ1) is 10.5. The van der Waals surface area contributed by atoms with Crippen LogP contribution in [0, 0.1) is 17.8 Å². The Morgan fingerprint density at radius 2 is 1.13 bits per heavy atom. The molecule has 1 saturated carbocycles. The zero-order chi connectivity index (χ0) is 17.9. The van der Waals surface area contributed by atoms with E-state index < -0.39 is 5.79 Å². The maximum atomic E-state index is 5.99. The van der Waals surface area contributed by atoms with Crippen molar-refractivity contribution in [2.75, 3.05) is 0 Å². The van der Waals surface area contributed by atoms with Crippen LogP contribution < -0.4 is 0 Å². The van der Waals surface area contributed by atoms with Crippen molar-refractivity contribution in [2.24, 2.45) is 17.8 Å². The van der Waals surface area contributed by atoms with Crippen molar-refractivity contribution in [3.05, 3.63) is 0 Å². The van der Waals surface area contributed by atoms with E-state index in [2.05, 4.69) is 34.6 Å². The van der Waals surface area contributed by atoms with E-state index in [0.717, 1.165) is 25.7 Å². The van der Waals surface area contributed by atoms with Crippen molar-refractivity contribution in [2.45, 2.75) is 105 Å². The summed E-state index contributed by atoms with van der Waals surface area (Å²) in [6.45, 7) is 18.9. The van der Waals surface area contributed by atoms with Crippen molar-refractivity contribution in [1.29, 1.82) is 0 Å². The molecule has 2 unspecified atom stereocenters. The smallest absolute Gasteiger partial charge is 0.228 e. The molecular weight excluding hydrogens is 292 g/mol. The summed E-state index contributed by atoms with van der Waals surface area (Å²) in [5, 5.41) is 0. The molecule has 0 N–H and O–H groups in total. The van der Waals surface area contributed by atoms with E-state index in [4.69, 9.17) is 19.6 Å². The van der Waals surface area contributed by atoms with E-state index in [0.29, 0.717) is 5.92 Å². The number of hydrogen-bond donors (Lipinski definition) is 0. The minimum atomic E-state index is -0.856. The quantitative estimate of drug-likeness (QED) is 0.327. The van der Waals surface area contributed by atoms with Crippen molar-refractivity contribution in [1.82, 2.24) is 0 Å². The van der Waals surface area contributed by atoms with E-state index in [9.17, 15) is 0 Å². The lowest BCUT2D eigenvalue weighted by Crippen LogP contribution is -2.54. The van der Waals surface area contributed by atoms with Crippen LogP contribution in [0.5, 0.6) is 0 Å². The molecule has 1 aliphatic carbocycles. The SMILES string of the molecule is CCC(C)(C)OOC1(OOC(C)(C)CC)C(C)CC(C)CC1C. The molecule has 1 fully saturated rings. The Kier molecular flexibility index (Phi) is 7.10. The molecule has 0 aromatic carbocycles. The summed E-state index contributed by atoms with van der Waals surface area (Å²) < 4.78 is 0. The molecule has 0 aromatic heterocycles. The van der Waals surface area contributed by atoms with Gasteiger partial charge in [-0.05, 0) is 59.3 Å². The molecule has 138 valence electrons. The normalized spacial score (nSPS) is 28.8. The summed E-state index contributed by atoms with van der Waals surface area (Å²) in [6, 6.07) is 0. The minimum Gasteiger partial charge on any atom is -0.228 e. The predicted octanol–water partition coefficient (Wildman–Crippen LogP) is 5.66. The lowest BCUT2D eigenvalue weighted by Gasteiger charge is -2.47. The molecular formula is C19H38O4. The van der Waals surface area contributed by atoms with Gasteiger partial charge in [0.05, 0.1) is 11.2 Å². The molecule has 0 heterocycles. The molecule has 0 amide bonds. The summed E-state index contributed by atoms with van der Waals surface area (Å²) in [5.41, 5.74) is -0.696. The average Bonchev–Trinajstić information content (AvgIpc) is 2.46. The Hall–Kier alpha value is -0.160. The van der Waals surface area contributed by atoms with E-state index in [-0.39, 0.29) is 23.0 Å². The molecule has 0 saturated heterocycles. The third-order valence-electron chi connectivity index (χ3n) is 5.38. The molecule has 4 nitrogen and oxygen atoms in total. The van der Waals surface area contributed by atoms with Crippen LogP contribution in [0.4, 0.5) is 0 Å². The summed E-state index contributed by atoms with van der Waals surface area (Å²) >= 11 is 0. The second-order valence-electron chi connectivity index (χ2n) is 8.66. The second kappa shape index (κ2) is 7.81. The Balaban J connectivity index is 2.95. The molecule has 0 spiro atoms. The largest absolute Gasteiger partial charge is 0.239 e. The third-order valence-corrected chi connectivity index (χ3v) is 5.38. The fourth-order valence-corrected chi connectivity index (χ4v) is 2.93. The maximum absolute atomic E-state index is 5.99. The zero-order valence-corrected chi connectivity index (χ0v) is 16.7. The highest BCUT2D eigenvalue weighted by atomic mass is 17.3. The van der Waals surface area contributed by atoms with Crippen LogP contribution in [0.15, 0.2) is 0 Å². The van der Waals surface area contributed by atoms with Crippen LogP contribution in [0.2, 0.25) is 0 Å². The first-order valence-corrected chi connectivity index (χ1v) is 9.21. The van der Waals surface area contributed by atoms with Gasteiger partial charge in [-0.2, -0.15) is 9.78 Å². The summed E-state index contributed by atoms with van der Waals surface area (Å²) in [4.78, 5) is 23.6. The predicted molar refractivity (Wildman–Crippen MR) is 92.5 cm³/mol. The molecule has 0 radical (unpaired) electrons. The minimum absolute atomic E-state index is 0.196. The van der Waals surface area contributed by atoms with Gasteiger partial charge >= 0.3 is 0 Å². The highest BCUT2D eigenvalue weighted by Gasteiger charge is 2.52. The van der Waals surface area contributed by atoms with Crippen LogP contribution in [-0.4, -0.2) is 17.0 Å². The molecule has 4 heteroatoms. The summed E-state index contributed by atoms with van der Waals surface area (Å²) in [5.74, 6) is 0.188. The lowest BCUT2D eigenvalue weighted by molar-refractivity contribution is -0.567. The lowest BCUT2D eigenvalue weighted by atomic mass is 9.73. The first-order valence-electron chi connectivity index (χ1n) is 9.21. The molecule has 0 aliphatic heterocycles. The Morgan fingerprint density at radius 1 is 0.783 bits per heavy atom. The van der Waals surface area contributed by atoms with E-state index in [1.54, 1.807) is 0 Å². The monoisotopic (exact) mass is 330 g/mol. The van der Waals surface area contributed by atoms with Crippen LogP contribution in [0.25, 0.3) is 0 Å².